The summed E-state index contributed by atoms with van der Waals surface area (Å²) in [6.07, 6.45) is 6.90. The molecule has 0 aliphatic heterocycles. The third kappa shape index (κ3) is 12.9. The largest absolute Gasteiger partial charge is 0.513 e. The fourth-order valence-electron chi connectivity index (χ4n) is 3.73. The fraction of sp³-hybridized carbons (Fsp3) is 0.167. The van der Waals surface area contributed by atoms with E-state index in [1.54, 1.807) is 19.3 Å². The molecule has 1 unspecified atom stereocenters. The average molecular weight is 721 g/mol. The van der Waals surface area contributed by atoms with Crippen LogP contribution in [-0.2, 0) is 32.9 Å². The van der Waals surface area contributed by atoms with Crippen molar-refractivity contribution in [3.05, 3.63) is 157 Å². The Balaban J connectivity index is 0.000000215. The van der Waals surface area contributed by atoms with Crippen molar-refractivity contribution in [2.45, 2.75) is 39.2 Å². The van der Waals surface area contributed by atoms with Crippen molar-refractivity contribution < 1.29 is 30.3 Å². The number of aromatic nitrogens is 2. The molecule has 2 aromatic heterocycles. The minimum atomic E-state index is -0.581. The van der Waals surface area contributed by atoms with Crippen LogP contribution in [0.25, 0.3) is 22.5 Å². The van der Waals surface area contributed by atoms with Gasteiger partial charge in [0, 0.05) is 38.9 Å². The standard InChI is InChI=1S/C14H20O2.2C11H8N.Ir/c1-3-12-4-6-13(7-5-12)8-9-14(16)10-11(2)15;2*1-2-6-10(7-3-1)11-8-4-5-9-12-11;/h4-7,10-11,15-16H,3,8-9H2,1-2H3;2*1-6,8-9H;/q;2*-1;. The Labute approximate surface area is 257 Å². The molecule has 4 nitrogen and oxygen atoms in total. The van der Waals surface area contributed by atoms with Crippen LogP contribution in [0, 0.1) is 12.1 Å². The molecule has 3 aromatic carbocycles. The smallest absolute Gasteiger partial charge is 0.0911 e. The van der Waals surface area contributed by atoms with Crippen LogP contribution < -0.4 is 0 Å². The molecule has 1 radical (unpaired) electrons. The number of hydrogen-bond acceptors (Lipinski definition) is 4. The molecule has 0 aliphatic rings. The second kappa shape index (κ2) is 19.2. The molecule has 0 amide bonds. The summed E-state index contributed by atoms with van der Waals surface area (Å²) in [5.74, 6) is 0.259. The topological polar surface area (TPSA) is 66.2 Å². The van der Waals surface area contributed by atoms with Crippen LogP contribution in [0.3, 0.4) is 0 Å². The molecule has 2 N–H and O–H groups in total. The molecule has 213 valence electrons. The van der Waals surface area contributed by atoms with Gasteiger partial charge in [0.2, 0.25) is 0 Å². The number of benzene rings is 3. The minimum Gasteiger partial charge on any atom is -0.513 e. The SMILES string of the molecule is CCc1ccc(CCC(O)=CC(C)O)cc1.[Ir].[c-]1ccccc1-c1ccccn1.[c-]1ccccc1-c1ccccn1. The van der Waals surface area contributed by atoms with Crippen molar-refractivity contribution in [2.75, 3.05) is 0 Å². The van der Waals surface area contributed by atoms with Gasteiger partial charge in [-0.3, -0.25) is 0 Å². The zero-order chi connectivity index (χ0) is 28.4. The number of pyridine rings is 2. The van der Waals surface area contributed by atoms with Crippen LogP contribution in [0.4, 0.5) is 0 Å². The van der Waals surface area contributed by atoms with Crippen molar-refractivity contribution in [3.8, 4) is 22.5 Å². The Bertz CT molecular complexity index is 1230. The van der Waals surface area contributed by atoms with E-state index in [4.69, 9.17) is 5.11 Å². The second-order valence-electron chi connectivity index (χ2n) is 9.05. The minimum absolute atomic E-state index is 0. The molecule has 0 fully saturated rings. The van der Waals surface area contributed by atoms with E-state index in [0.717, 1.165) is 35.4 Å². The molecule has 0 aliphatic carbocycles. The van der Waals surface area contributed by atoms with Gasteiger partial charge in [-0.1, -0.05) is 55.5 Å². The summed E-state index contributed by atoms with van der Waals surface area (Å²) in [4.78, 5) is 8.44. The Morgan fingerprint density at radius 1 is 0.732 bits per heavy atom. The quantitative estimate of drug-likeness (QED) is 0.132. The maximum atomic E-state index is 9.48. The first-order valence-corrected chi connectivity index (χ1v) is 13.5. The number of aliphatic hydroxyl groups is 2. The van der Waals surface area contributed by atoms with Gasteiger partial charge in [-0.05, 0) is 60.5 Å². The predicted molar refractivity (Wildman–Crippen MR) is 164 cm³/mol. The number of nitrogens with zero attached hydrogens (tertiary/aromatic N) is 2. The summed E-state index contributed by atoms with van der Waals surface area (Å²) in [5.41, 5.74) is 6.56. The average Bonchev–Trinajstić information content (AvgIpc) is 3.02. The summed E-state index contributed by atoms with van der Waals surface area (Å²) < 4.78 is 0. The zero-order valence-corrected chi connectivity index (χ0v) is 25.8. The van der Waals surface area contributed by atoms with Crippen molar-refractivity contribution in [3.63, 3.8) is 0 Å². The molecule has 0 saturated carbocycles. The van der Waals surface area contributed by atoms with Gasteiger partial charge in [0.05, 0.1) is 11.9 Å². The van der Waals surface area contributed by atoms with E-state index in [-0.39, 0.29) is 25.9 Å². The molecule has 2 heterocycles. The van der Waals surface area contributed by atoms with Gasteiger partial charge in [0.1, 0.15) is 0 Å². The van der Waals surface area contributed by atoms with Gasteiger partial charge in [0.15, 0.2) is 0 Å². The fourth-order valence-corrected chi connectivity index (χ4v) is 3.73. The molecule has 0 spiro atoms. The van der Waals surface area contributed by atoms with E-state index in [1.165, 1.54) is 17.2 Å². The van der Waals surface area contributed by atoms with Gasteiger partial charge in [-0.25, -0.2) is 0 Å². The van der Waals surface area contributed by atoms with Crippen LogP contribution >= 0.6 is 0 Å². The van der Waals surface area contributed by atoms with Crippen LogP contribution in [0.5, 0.6) is 0 Å². The van der Waals surface area contributed by atoms with Gasteiger partial charge in [-0.15, -0.1) is 71.8 Å². The Kier molecular flexibility index (Phi) is 15.6. The van der Waals surface area contributed by atoms with Gasteiger partial charge >= 0.3 is 0 Å². The van der Waals surface area contributed by atoms with E-state index < -0.39 is 6.10 Å². The van der Waals surface area contributed by atoms with Gasteiger partial charge in [-0.2, -0.15) is 0 Å². The second-order valence-corrected chi connectivity index (χ2v) is 9.05. The number of allylic oxidation sites excluding steroid dienone is 1. The summed E-state index contributed by atoms with van der Waals surface area (Å²) in [6.45, 7) is 3.76. The molecular weight excluding hydrogens is 685 g/mol. The molecule has 1 atom stereocenters. The zero-order valence-electron chi connectivity index (χ0n) is 23.4. The Morgan fingerprint density at radius 3 is 1.61 bits per heavy atom. The van der Waals surface area contributed by atoms with Crippen LogP contribution in [0.2, 0.25) is 0 Å². The van der Waals surface area contributed by atoms with Crippen molar-refractivity contribution in [1.82, 2.24) is 9.97 Å². The molecule has 5 rings (SSSR count). The van der Waals surface area contributed by atoms with Gasteiger partial charge < -0.3 is 20.2 Å². The van der Waals surface area contributed by atoms with Crippen LogP contribution in [0.15, 0.2) is 133 Å². The maximum Gasteiger partial charge on any atom is 0.0911 e. The maximum absolute atomic E-state index is 9.48. The number of aryl methyl sites for hydroxylation is 2. The predicted octanol–water partition coefficient (Wildman–Crippen LogP) is 8.10. The van der Waals surface area contributed by atoms with Crippen molar-refractivity contribution >= 4 is 0 Å². The molecule has 5 aromatic rings. The van der Waals surface area contributed by atoms with E-state index in [0.29, 0.717) is 6.42 Å². The number of aliphatic hydroxyl groups excluding tert-OH is 2. The molecule has 0 bridgehead atoms. The van der Waals surface area contributed by atoms with Crippen molar-refractivity contribution in [1.29, 1.82) is 0 Å². The van der Waals surface area contributed by atoms with E-state index in [2.05, 4.69) is 53.3 Å². The summed E-state index contributed by atoms with van der Waals surface area (Å²) in [6, 6.07) is 42.0. The van der Waals surface area contributed by atoms with Crippen LogP contribution in [-0.4, -0.2) is 26.3 Å². The first-order chi connectivity index (χ1) is 19.5. The Morgan fingerprint density at radius 2 is 1.22 bits per heavy atom. The summed E-state index contributed by atoms with van der Waals surface area (Å²) in [7, 11) is 0. The molecular formula is C36H36IrN2O2-2. The van der Waals surface area contributed by atoms with Gasteiger partial charge in [0.25, 0.3) is 0 Å². The molecule has 5 heteroatoms. The van der Waals surface area contributed by atoms with E-state index >= 15 is 0 Å². The molecule has 41 heavy (non-hydrogen) atoms. The van der Waals surface area contributed by atoms with E-state index in [9.17, 15) is 5.11 Å². The third-order valence-corrected chi connectivity index (χ3v) is 5.83. The van der Waals surface area contributed by atoms with Crippen molar-refractivity contribution in [2.24, 2.45) is 0 Å². The third-order valence-electron chi connectivity index (χ3n) is 5.83. The monoisotopic (exact) mass is 721 g/mol. The summed E-state index contributed by atoms with van der Waals surface area (Å²) in [5, 5.41) is 18.5. The molecule has 0 saturated heterocycles. The van der Waals surface area contributed by atoms with Crippen LogP contribution in [0.1, 0.15) is 31.4 Å². The normalized spacial score (nSPS) is 11.0. The summed E-state index contributed by atoms with van der Waals surface area (Å²) >= 11 is 0. The van der Waals surface area contributed by atoms with E-state index in [1.807, 2.05) is 84.9 Å². The number of rotatable bonds is 7. The first kappa shape index (κ1) is 33.3. The number of hydrogen-bond donors (Lipinski definition) is 2. The first-order valence-electron chi connectivity index (χ1n) is 13.5. The Hall–Kier alpha value is -3.89.